The van der Waals surface area contributed by atoms with Crippen molar-refractivity contribution in [2.75, 3.05) is 6.61 Å². The maximum atomic E-state index is 6.28. The number of alkyl halides is 1. The van der Waals surface area contributed by atoms with Gasteiger partial charge in [0.05, 0.1) is 6.10 Å². The summed E-state index contributed by atoms with van der Waals surface area (Å²) in [5.74, 6) is 0. The molecule has 65 valence electrons. The van der Waals surface area contributed by atoms with Gasteiger partial charge >= 0.3 is 0 Å². The molecule has 0 aromatic rings. The summed E-state index contributed by atoms with van der Waals surface area (Å²) in [6.45, 7) is 0.862. The zero-order valence-electron chi connectivity index (χ0n) is 6.74. The molecule has 0 spiro atoms. The second-order valence-corrected chi connectivity index (χ2v) is 3.70. The van der Waals surface area contributed by atoms with Crippen LogP contribution in [-0.4, -0.2) is 17.6 Å². The second-order valence-electron chi connectivity index (χ2n) is 3.05. The van der Waals surface area contributed by atoms with Crippen molar-refractivity contribution in [2.45, 2.75) is 23.8 Å². The van der Waals surface area contributed by atoms with E-state index >= 15 is 0 Å². The van der Waals surface area contributed by atoms with Crippen LogP contribution in [0.1, 0.15) is 12.8 Å². The van der Waals surface area contributed by atoms with Crippen LogP contribution in [0.25, 0.3) is 0 Å². The molecule has 1 saturated heterocycles. The van der Waals surface area contributed by atoms with Crippen LogP contribution >= 0.6 is 11.6 Å². The summed E-state index contributed by atoms with van der Waals surface area (Å²) >= 11 is 6.28. The van der Waals surface area contributed by atoms with Crippen molar-refractivity contribution in [3.63, 3.8) is 0 Å². The Morgan fingerprint density at radius 2 is 2.00 bits per heavy atom. The SMILES string of the molecule is ClC1(C2CCCO2)C=CC=C1.[V]. The monoisotopic (exact) mass is 221 g/mol. The molecule has 2 aliphatic rings. The predicted molar refractivity (Wildman–Crippen MR) is 45.8 cm³/mol. The molecule has 1 aliphatic carbocycles. The molecule has 0 aromatic heterocycles. The van der Waals surface area contributed by atoms with Gasteiger partial charge in [0, 0.05) is 25.2 Å². The van der Waals surface area contributed by atoms with E-state index in [0.29, 0.717) is 0 Å². The molecule has 1 radical (unpaired) electrons. The van der Waals surface area contributed by atoms with Crippen molar-refractivity contribution >= 4 is 11.6 Å². The summed E-state index contributed by atoms with van der Waals surface area (Å²) in [6.07, 6.45) is 10.4. The fourth-order valence-electron chi connectivity index (χ4n) is 1.60. The first-order valence-electron chi connectivity index (χ1n) is 3.99. The summed E-state index contributed by atoms with van der Waals surface area (Å²) in [5, 5.41) is 0. The van der Waals surface area contributed by atoms with E-state index in [9.17, 15) is 0 Å². The molecule has 1 unspecified atom stereocenters. The van der Waals surface area contributed by atoms with Gasteiger partial charge in [-0.05, 0) is 12.8 Å². The average Bonchev–Trinajstić information content (AvgIpc) is 2.55. The molecule has 12 heavy (non-hydrogen) atoms. The minimum absolute atomic E-state index is 0. The maximum absolute atomic E-state index is 6.28. The number of halogens is 1. The molecule has 2 rings (SSSR count). The molecule has 1 aliphatic heterocycles. The van der Waals surface area contributed by atoms with E-state index in [1.165, 1.54) is 0 Å². The Kier molecular flexibility index (Phi) is 3.48. The molecule has 0 aromatic carbocycles. The van der Waals surface area contributed by atoms with Crippen molar-refractivity contribution < 1.29 is 23.3 Å². The summed E-state index contributed by atoms with van der Waals surface area (Å²) in [4.78, 5) is -0.337. The van der Waals surface area contributed by atoms with Gasteiger partial charge in [-0.15, -0.1) is 11.6 Å². The molecular formula is C9H11ClOV. The fraction of sp³-hybridized carbons (Fsp3) is 0.556. The normalized spacial score (nSPS) is 30.6. The predicted octanol–water partition coefficient (Wildman–Crippen LogP) is 2.27. The second kappa shape index (κ2) is 4.02. The van der Waals surface area contributed by atoms with Gasteiger partial charge in [-0.25, -0.2) is 0 Å². The largest absolute Gasteiger partial charge is 0.376 e. The van der Waals surface area contributed by atoms with Crippen LogP contribution in [0.2, 0.25) is 0 Å². The van der Waals surface area contributed by atoms with Gasteiger partial charge in [0.25, 0.3) is 0 Å². The molecule has 1 heterocycles. The first kappa shape index (κ1) is 10.4. The molecule has 0 saturated carbocycles. The van der Waals surface area contributed by atoms with Gasteiger partial charge < -0.3 is 4.74 Å². The van der Waals surface area contributed by atoms with Gasteiger partial charge in [0.15, 0.2) is 0 Å². The Morgan fingerprint density at radius 3 is 2.50 bits per heavy atom. The molecule has 1 nitrogen and oxygen atoms in total. The average molecular weight is 222 g/mol. The van der Waals surface area contributed by atoms with Gasteiger partial charge in [-0.2, -0.15) is 0 Å². The Morgan fingerprint density at radius 1 is 1.33 bits per heavy atom. The Bertz CT molecular complexity index is 195. The van der Waals surface area contributed by atoms with Crippen LogP contribution in [0.5, 0.6) is 0 Å². The third-order valence-corrected chi connectivity index (χ3v) is 2.73. The summed E-state index contributed by atoms with van der Waals surface area (Å²) in [7, 11) is 0. The minimum Gasteiger partial charge on any atom is -0.376 e. The van der Waals surface area contributed by atoms with Crippen molar-refractivity contribution in [3.8, 4) is 0 Å². The third-order valence-electron chi connectivity index (χ3n) is 2.24. The zero-order valence-corrected chi connectivity index (χ0v) is 8.89. The maximum Gasteiger partial charge on any atom is 0.107 e. The molecule has 1 fully saturated rings. The molecule has 0 bridgehead atoms. The fourth-order valence-corrected chi connectivity index (χ4v) is 1.92. The first-order chi connectivity index (χ1) is 5.31. The Hall–Kier alpha value is 0.314. The van der Waals surface area contributed by atoms with Crippen molar-refractivity contribution in [1.29, 1.82) is 0 Å². The number of hydrogen-bond donors (Lipinski definition) is 0. The third kappa shape index (κ3) is 1.80. The standard InChI is InChI=1S/C9H11ClO.V/c10-9(5-1-2-6-9)8-4-3-7-11-8;/h1-2,5-6,8H,3-4,7H2;. The van der Waals surface area contributed by atoms with Crippen molar-refractivity contribution in [1.82, 2.24) is 0 Å². The van der Waals surface area contributed by atoms with E-state index in [0.717, 1.165) is 19.4 Å². The number of rotatable bonds is 1. The molecule has 3 heteroatoms. The zero-order chi connectivity index (χ0) is 7.73. The van der Waals surface area contributed by atoms with Gasteiger partial charge in [-0.1, -0.05) is 24.3 Å². The van der Waals surface area contributed by atoms with E-state index in [-0.39, 0.29) is 29.5 Å². The van der Waals surface area contributed by atoms with E-state index in [1.54, 1.807) is 0 Å². The van der Waals surface area contributed by atoms with Gasteiger partial charge in [0.2, 0.25) is 0 Å². The number of ether oxygens (including phenoxy) is 1. The Labute approximate surface area is 89.7 Å². The Balaban J connectivity index is 0.000000720. The van der Waals surface area contributed by atoms with E-state index in [4.69, 9.17) is 16.3 Å². The minimum atomic E-state index is -0.337. The van der Waals surface area contributed by atoms with Gasteiger partial charge in [-0.3, -0.25) is 0 Å². The van der Waals surface area contributed by atoms with Crippen LogP contribution in [0.4, 0.5) is 0 Å². The molecular weight excluding hydrogens is 210 g/mol. The molecule has 1 atom stereocenters. The van der Waals surface area contributed by atoms with Crippen LogP contribution in [0, 0.1) is 0 Å². The van der Waals surface area contributed by atoms with Gasteiger partial charge in [0.1, 0.15) is 4.87 Å². The quantitative estimate of drug-likeness (QED) is 0.618. The van der Waals surface area contributed by atoms with Crippen LogP contribution in [-0.2, 0) is 23.3 Å². The summed E-state index contributed by atoms with van der Waals surface area (Å²) in [6, 6.07) is 0. The van der Waals surface area contributed by atoms with E-state index < -0.39 is 0 Å². The first-order valence-corrected chi connectivity index (χ1v) is 4.37. The van der Waals surface area contributed by atoms with E-state index in [2.05, 4.69) is 0 Å². The van der Waals surface area contributed by atoms with Crippen LogP contribution in [0.3, 0.4) is 0 Å². The van der Waals surface area contributed by atoms with Crippen molar-refractivity contribution in [2.24, 2.45) is 0 Å². The molecule has 0 N–H and O–H groups in total. The van der Waals surface area contributed by atoms with E-state index in [1.807, 2.05) is 24.3 Å². The topological polar surface area (TPSA) is 9.23 Å². The summed E-state index contributed by atoms with van der Waals surface area (Å²) < 4.78 is 5.51. The van der Waals surface area contributed by atoms with Crippen LogP contribution < -0.4 is 0 Å². The smallest absolute Gasteiger partial charge is 0.107 e. The van der Waals surface area contributed by atoms with Crippen LogP contribution in [0.15, 0.2) is 24.3 Å². The summed E-state index contributed by atoms with van der Waals surface area (Å²) in [5.41, 5.74) is 0. The number of hydrogen-bond acceptors (Lipinski definition) is 1. The van der Waals surface area contributed by atoms with Crippen molar-refractivity contribution in [3.05, 3.63) is 24.3 Å². The molecule has 0 amide bonds. The number of allylic oxidation sites excluding steroid dienone is 2.